The van der Waals surface area contributed by atoms with Crippen molar-refractivity contribution >= 4 is 5.91 Å². The molecule has 0 saturated carbocycles. The summed E-state index contributed by atoms with van der Waals surface area (Å²) in [5.74, 6) is 0.214. The molecule has 0 aliphatic carbocycles. The average Bonchev–Trinajstić information content (AvgIpc) is 2.46. The highest BCUT2D eigenvalue weighted by atomic mass is 16.5. The smallest absolute Gasteiger partial charge is 0.224 e. The molecular weight excluding hydrogens is 250 g/mol. The third kappa shape index (κ3) is 11.3. The van der Waals surface area contributed by atoms with Gasteiger partial charge in [-0.05, 0) is 20.3 Å². The predicted octanol–water partition coefficient (Wildman–Crippen LogP) is 4.40. The van der Waals surface area contributed by atoms with Crippen LogP contribution < -0.4 is 0 Å². The minimum absolute atomic E-state index is 0.214. The molecule has 3 nitrogen and oxygen atoms in total. The lowest BCUT2D eigenvalue weighted by Crippen LogP contribution is -2.31. The lowest BCUT2D eigenvalue weighted by molar-refractivity contribution is -0.131. The number of hydrogen-bond donors (Lipinski definition) is 0. The average molecular weight is 285 g/mol. The summed E-state index contributed by atoms with van der Waals surface area (Å²) < 4.78 is 5.54. The largest absolute Gasteiger partial charge is 0.381 e. The summed E-state index contributed by atoms with van der Waals surface area (Å²) in [6.07, 6.45) is 11.1. The third-order valence-electron chi connectivity index (χ3n) is 3.72. The van der Waals surface area contributed by atoms with Gasteiger partial charge in [-0.1, -0.05) is 51.9 Å². The molecule has 0 radical (unpaired) electrons. The van der Waals surface area contributed by atoms with Gasteiger partial charge >= 0.3 is 0 Å². The Morgan fingerprint density at radius 1 is 0.800 bits per heavy atom. The fraction of sp³-hybridized carbons (Fsp3) is 0.941. The maximum Gasteiger partial charge on any atom is 0.224 e. The molecule has 20 heavy (non-hydrogen) atoms. The molecule has 0 bridgehead atoms. The molecule has 0 N–H and O–H groups in total. The second-order valence-electron chi connectivity index (χ2n) is 5.40. The lowest BCUT2D eigenvalue weighted by Gasteiger charge is -2.18. The van der Waals surface area contributed by atoms with Crippen molar-refractivity contribution in [2.24, 2.45) is 0 Å². The van der Waals surface area contributed by atoms with E-state index in [-0.39, 0.29) is 5.91 Å². The van der Waals surface area contributed by atoms with Crippen molar-refractivity contribution in [3.05, 3.63) is 0 Å². The van der Waals surface area contributed by atoms with Gasteiger partial charge in [0.1, 0.15) is 0 Å². The first-order chi connectivity index (χ1) is 9.76. The van der Waals surface area contributed by atoms with Crippen molar-refractivity contribution < 1.29 is 9.53 Å². The van der Waals surface area contributed by atoms with Gasteiger partial charge in [0.2, 0.25) is 5.91 Å². The molecule has 0 fully saturated rings. The fourth-order valence-electron chi connectivity index (χ4n) is 2.33. The van der Waals surface area contributed by atoms with E-state index in [9.17, 15) is 4.79 Å². The lowest BCUT2D eigenvalue weighted by atomic mass is 10.1. The minimum Gasteiger partial charge on any atom is -0.381 e. The van der Waals surface area contributed by atoms with Crippen molar-refractivity contribution in [3.63, 3.8) is 0 Å². The van der Waals surface area contributed by atoms with Crippen LogP contribution in [-0.2, 0) is 9.53 Å². The summed E-state index contributed by atoms with van der Waals surface area (Å²) in [6, 6.07) is 0. The number of amides is 1. The van der Waals surface area contributed by atoms with E-state index in [2.05, 4.69) is 6.92 Å². The third-order valence-corrected chi connectivity index (χ3v) is 3.72. The second-order valence-corrected chi connectivity index (χ2v) is 5.40. The Bertz CT molecular complexity index is 215. The van der Waals surface area contributed by atoms with Crippen LogP contribution in [0.2, 0.25) is 0 Å². The van der Waals surface area contributed by atoms with Crippen LogP contribution in [0.15, 0.2) is 0 Å². The number of carbonyl (C=O) groups is 1. The van der Waals surface area contributed by atoms with Gasteiger partial charge in [0.05, 0.1) is 13.0 Å². The maximum absolute atomic E-state index is 11.7. The van der Waals surface area contributed by atoms with Gasteiger partial charge in [-0.15, -0.1) is 0 Å². The van der Waals surface area contributed by atoms with Gasteiger partial charge in [-0.25, -0.2) is 0 Å². The molecule has 1 amide bonds. The highest BCUT2D eigenvalue weighted by Gasteiger charge is 2.08. The Morgan fingerprint density at radius 3 is 1.90 bits per heavy atom. The van der Waals surface area contributed by atoms with E-state index in [1.807, 2.05) is 18.7 Å². The molecule has 0 aromatic carbocycles. The van der Waals surface area contributed by atoms with Crippen LogP contribution in [0.25, 0.3) is 0 Å². The van der Waals surface area contributed by atoms with Crippen molar-refractivity contribution in [2.75, 3.05) is 26.3 Å². The van der Waals surface area contributed by atoms with Crippen LogP contribution >= 0.6 is 0 Å². The monoisotopic (exact) mass is 285 g/mol. The number of unbranched alkanes of at least 4 members (excludes halogenated alkanes) is 7. The molecule has 0 aromatic rings. The zero-order valence-corrected chi connectivity index (χ0v) is 14.0. The Hall–Kier alpha value is -0.570. The molecule has 0 aliphatic heterocycles. The van der Waals surface area contributed by atoms with Crippen molar-refractivity contribution in [1.29, 1.82) is 0 Å². The Balaban J connectivity index is 3.22. The molecule has 0 rings (SSSR count). The maximum atomic E-state index is 11.7. The summed E-state index contributed by atoms with van der Waals surface area (Å²) in [4.78, 5) is 13.6. The van der Waals surface area contributed by atoms with Gasteiger partial charge < -0.3 is 9.64 Å². The van der Waals surface area contributed by atoms with Gasteiger partial charge in [0, 0.05) is 19.7 Å². The van der Waals surface area contributed by atoms with Crippen LogP contribution in [0, 0.1) is 0 Å². The van der Waals surface area contributed by atoms with Crippen LogP contribution in [0.5, 0.6) is 0 Å². The number of hydrogen-bond acceptors (Lipinski definition) is 2. The highest BCUT2D eigenvalue weighted by Crippen LogP contribution is 2.08. The first-order valence-electron chi connectivity index (χ1n) is 8.61. The SMILES string of the molecule is CCCCCCCCCCOCCC(=O)N(CC)CC. The number of nitrogens with zero attached hydrogens (tertiary/aromatic N) is 1. The molecule has 0 aromatic heterocycles. The molecule has 0 saturated heterocycles. The first-order valence-corrected chi connectivity index (χ1v) is 8.61. The quantitative estimate of drug-likeness (QED) is 0.443. The molecule has 0 aliphatic rings. The first kappa shape index (κ1) is 19.4. The summed E-state index contributed by atoms with van der Waals surface area (Å²) >= 11 is 0. The van der Waals surface area contributed by atoms with Crippen LogP contribution in [0.3, 0.4) is 0 Å². The standard InChI is InChI=1S/C17H35NO2/c1-4-7-8-9-10-11-12-13-15-20-16-14-17(19)18(5-2)6-3/h4-16H2,1-3H3. The van der Waals surface area contributed by atoms with Crippen molar-refractivity contribution in [1.82, 2.24) is 4.90 Å². The van der Waals surface area contributed by atoms with Gasteiger partial charge in [-0.2, -0.15) is 0 Å². The van der Waals surface area contributed by atoms with E-state index in [0.29, 0.717) is 13.0 Å². The molecule has 0 unspecified atom stereocenters. The van der Waals surface area contributed by atoms with Crippen LogP contribution in [0.4, 0.5) is 0 Å². The molecule has 120 valence electrons. The zero-order valence-electron chi connectivity index (χ0n) is 14.0. The normalized spacial score (nSPS) is 10.8. The molecule has 0 atom stereocenters. The molecule has 0 heterocycles. The van der Waals surface area contributed by atoms with Crippen LogP contribution in [0.1, 0.15) is 78.6 Å². The number of carbonyl (C=O) groups excluding carboxylic acids is 1. The molecule has 3 heteroatoms. The van der Waals surface area contributed by atoms with E-state index >= 15 is 0 Å². The zero-order chi connectivity index (χ0) is 15.1. The Labute approximate surface area is 126 Å². The number of ether oxygens (including phenoxy) is 1. The number of rotatable bonds is 14. The van der Waals surface area contributed by atoms with Gasteiger partial charge in [0.15, 0.2) is 0 Å². The highest BCUT2D eigenvalue weighted by molar-refractivity contribution is 5.76. The van der Waals surface area contributed by atoms with Gasteiger partial charge in [-0.3, -0.25) is 4.79 Å². The van der Waals surface area contributed by atoms with Crippen molar-refractivity contribution in [3.8, 4) is 0 Å². The minimum atomic E-state index is 0.214. The molecular formula is C17H35NO2. The van der Waals surface area contributed by atoms with E-state index in [1.54, 1.807) is 0 Å². The van der Waals surface area contributed by atoms with Crippen LogP contribution in [-0.4, -0.2) is 37.1 Å². The predicted molar refractivity (Wildman–Crippen MR) is 86.0 cm³/mol. The molecule has 0 spiro atoms. The topological polar surface area (TPSA) is 29.5 Å². The summed E-state index contributed by atoms with van der Waals surface area (Å²) in [7, 11) is 0. The summed E-state index contributed by atoms with van der Waals surface area (Å²) in [6.45, 7) is 9.26. The fourth-order valence-corrected chi connectivity index (χ4v) is 2.33. The summed E-state index contributed by atoms with van der Waals surface area (Å²) in [5.41, 5.74) is 0. The van der Waals surface area contributed by atoms with Gasteiger partial charge in [0.25, 0.3) is 0 Å². The summed E-state index contributed by atoms with van der Waals surface area (Å²) in [5, 5.41) is 0. The Morgan fingerprint density at radius 2 is 1.35 bits per heavy atom. The van der Waals surface area contributed by atoms with Crippen molar-refractivity contribution in [2.45, 2.75) is 78.6 Å². The van der Waals surface area contributed by atoms with E-state index in [4.69, 9.17) is 4.74 Å². The second kappa shape index (κ2) is 14.8. The van der Waals surface area contributed by atoms with E-state index in [1.165, 1.54) is 44.9 Å². The van der Waals surface area contributed by atoms with E-state index in [0.717, 1.165) is 26.1 Å². The Kier molecular flexibility index (Phi) is 14.4. The van der Waals surface area contributed by atoms with E-state index < -0.39 is 0 Å².